The zero-order valence-electron chi connectivity index (χ0n) is 7.47. The van der Waals surface area contributed by atoms with Gasteiger partial charge in [0, 0.05) is 0 Å². The van der Waals surface area contributed by atoms with Gasteiger partial charge in [-0.3, -0.25) is 14.4 Å². The molecule has 6 nitrogen and oxygen atoms in total. The Hall–Kier alpha value is -1.35. The molecule has 0 fully saturated rings. The smallest absolute Gasteiger partial charge is 0.368 e. The summed E-state index contributed by atoms with van der Waals surface area (Å²) in [6, 6.07) is 0. The van der Waals surface area contributed by atoms with Crippen molar-refractivity contribution in [1.82, 2.24) is 5.48 Å². The van der Waals surface area contributed by atoms with Crippen LogP contribution in [0.2, 0.25) is 0 Å². The highest BCUT2D eigenvalue weighted by atomic mass is 19.4. The van der Waals surface area contributed by atoms with Gasteiger partial charge in [0.15, 0.2) is 6.61 Å². The second-order valence-electron chi connectivity index (χ2n) is 2.39. The highest BCUT2D eigenvalue weighted by Crippen LogP contribution is 2.13. The van der Waals surface area contributed by atoms with E-state index < -0.39 is 37.8 Å². The van der Waals surface area contributed by atoms with Crippen molar-refractivity contribution in [3.63, 3.8) is 0 Å². The minimum atomic E-state index is -4.49. The van der Waals surface area contributed by atoms with Crippen LogP contribution in [0.1, 0.15) is 0 Å². The van der Waals surface area contributed by atoms with Gasteiger partial charge in [-0.2, -0.15) is 13.2 Å². The van der Waals surface area contributed by atoms with Crippen molar-refractivity contribution >= 4 is 11.8 Å². The van der Waals surface area contributed by atoms with Crippen LogP contribution in [-0.4, -0.2) is 37.8 Å². The molecule has 0 radical (unpaired) electrons. The van der Waals surface area contributed by atoms with Crippen LogP contribution in [0.4, 0.5) is 13.2 Å². The lowest BCUT2D eigenvalue weighted by Gasteiger charge is -2.07. The summed E-state index contributed by atoms with van der Waals surface area (Å²) in [6.45, 7) is -2.92. The van der Waals surface area contributed by atoms with Crippen LogP contribution in [0.3, 0.4) is 0 Å². The average Bonchev–Trinajstić information content (AvgIpc) is 2.00. The molecule has 0 aliphatic rings. The average molecular weight is 230 g/mol. The maximum atomic E-state index is 11.5. The monoisotopic (exact) mass is 230 g/mol. The van der Waals surface area contributed by atoms with Crippen molar-refractivity contribution in [2.24, 2.45) is 5.73 Å². The quantitative estimate of drug-likeness (QED) is 0.578. The third-order valence-electron chi connectivity index (χ3n) is 0.899. The topological polar surface area (TPSA) is 90.7 Å². The fraction of sp³-hybridized carbons (Fsp3) is 0.667. The van der Waals surface area contributed by atoms with Crippen LogP contribution in [0, 0.1) is 0 Å². The first-order valence-electron chi connectivity index (χ1n) is 3.64. The maximum Gasteiger partial charge on any atom is 0.411 e. The van der Waals surface area contributed by atoms with Gasteiger partial charge < -0.3 is 10.5 Å². The number of ether oxygens (including phenoxy) is 1. The number of halogens is 3. The minimum Gasteiger partial charge on any atom is -0.368 e. The van der Waals surface area contributed by atoms with E-state index in [9.17, 15) is 22.8 Å². The number of carbonyl (C=O) groups is 2. The van der Waals surface area contributed by atoms with E-state index in [0.29, 0.717) is 0 Å². The highest BCUT2D eigenvalue weighted by Gasteiger charge is 2.27. The molecule has 0 aromatic carbocycles. The van der Waals surface area contributed by atoms with Crippen LogP contribution < -0.4 is 11.2 Å². The zero-order chi connectivity index (χ0) is 11.9. The van der Waals surface area contributed by atoms with Crippen LogP contribution >= 0.6 is 0 Å². The first-order valence-corrected chi connectivity index (χ1v) is 3.64. The molecule has 0 aliphatic heterocycles. The molecule has 3 N–H and O–H groups in total. The molecule has 0 saturated heterocycles. The number of carbonyl (C=O) groups excluding carboxylic acids is 2. The van der Waals surface area contributed by atoms with E-state index >= 15 is 0 Å². The van der Waals surface area contributed by atoms with E-state index in [-0.39, 0.29) is 0 Å². The van der Waals surface area contributed by atoms with Crippen molar-refractivity contribution in [1.29, 1.82) is 0 Å². The lowest BCUT2D eigenvalue weighted by molar-refractivity contribution is -0.178. The van der Waals surface area contributed by atoms with E-state index in [4.69, 9.17) is 0 Å². The molecule has 0 unspecified atom stereocenters. The number of rotatable bonds is 6. The molecule has 0 rings (SSSR count). The van der Waals surface area contributed by atoms with Crippen molar-refractivity contribution < 1.29 is 32.3 Å². The van der Waals surface area contributed by atoms with Crippen LogP contribution in [0.15, 0.2) is 0 Å². The standard InChI is InChI=1S/C6H9F3N2O4/c7-6(8,9)3-14-2-5(13)11-15-1-4(10)12/h1-3H2,(H2,10,12)(H,11,13). The summed E-state index contributed by atoms with van der Waals surface area (Å²) in [5, 5.41) is 0. The molecule has 15 heavy (non-hydrogen) atoms. The number of primary amides is 1. The molecule has 88 valence electrons. The molecule has 0 atom stereocenters. The van der Waals surface area contributed by atoms with Crippen molar-refractivity contribution in [3.05, 3.63) is 0 Å². The van der Waals surface area contributed by atoms with Crippen molar-refractivity contribution in [2.45, 2.75) is 6.18 Å². The van der Waals surface area contributed by atoms with Crippen LogP contribution in [-0.2, 0) is 19.2 Å². The van der Waals surface area contributed by atoms with Gasteiger partial charge in [0.1, 0.15) is 13.2 Å². The third-order valence-corrected chi connectivity index (χ3v) is 0.899. The first kappa shape index (κ1) is 13.7. The predicted molar refractivity (Wildman–Crippen MR) is 40.2 cm³/mol. The lowest BCUT2D eigenvalue weighted by Crippen LogP contribution is -2.32. The third kappa shape index (κ3) is 10.6. The molecule has 0 spiro atoms. The van der Waals surface area contributed by atoms with Crippen molar-refractivity contribution in [2.75, 3.05) is 19.8 Å². The number of nitrogens with two attached hydrogens (primary N) is 1. The Kier molecular flexibility index (Phi) is 5.64. The van der Waals surface area contributed by atoms with E-state index in [1.165, 1.54) is 0 Å². The Bertz CT molecular complexity index is 231. The normalized spacial score (nSPS) is 11.1. The molecule has 0 aliphatic carbocycles. The van der Waals surface area contributed by atoms with E-state index in [1.807, 2.05) is 0 Å². The molecular weight excluding hydrogens is 221 g/mol. The number of hydrogen-bond acceptors (Lipinski definition) is 4. The molecule has 0 aromatic rings. The van der Waals surface area contributed by atoms with Gasteiger partial charge in [-0.15, -0.1) is 0 Å². The Morgan fingerprint density at radius 2 is 1.87 bits per heavy atom. The number of amides is 2. The lowest BCUT2D eigenvalue weighted by atomic mass is 10.6. The van der Waals surface area contributed by atoms with Gasteiger partial charge in [0.2, 0.25) is 5.91 Å². The summed E-state index contributed by atoms with van der Waals surface area (Å²) in [6.07, 6.45) is -4.49. The Morgan fingerprint density at radius 3 is 2.33 bits per heavy atom. The Morgan fingerprint density at radius 1 is 1.27 bits per heavy atom. The predicted octanol–water partition coefficient (Wildman–Crippen LogP) is -0.902. The Labute approximate surface area is 82.5 Å². The van der Waals surface area contributed by atoms with Gasteiger partial charge in [-0.25, -0.2) is 5.48 Å². The Balaban J connectivity index is 3.46. The van der Waals surface area contributed by atoms with Gasteiger partial charge in [0.25, 0.3) is 5.91 Å². The summed E-state index contributed by atoms with van der Waals surface area (Å²) in [4.78, 5) is 24.9. The summed E-state index contributed by atoms with van der Waals surface area (Å²) >= 11 is 0. The first-order chi connectivity index (χ1) is 6.81. The van der Waals surface area contributed by atoms with Gasteiger partial charge in [-0.1, -0.05) is 0 Å². The maximum absolute atomic E-state index is 11.5. The molecule has 2 amide bonds. The fourth-order valence-corrected chi connectivity index (χ4v) is 0.477. The zero-order valence-corrected chi connectivity index (χ0v) is 7.47. The molecule has 0 heterocycles. The van der Waals surface area contributed by atoms with E-state index in [2.05, 4.69) is 15.3 Å². The number of hydrogen-bond donors (Lipinski definition) is 2. The molecule has 0 saturated carbocycles. The fourth-order valence-electron chi connectivity index (χ4n) is 0.477. The van der Waals surface area contributed by atoms with Crippen LogP contribution in [0.25, 0.3) is 0 Å². The van der Waals surface area contributed by atoms with Gasteiger partial charge in [-0.05, 0) is 0 Å². The SMILES string of the molecule is NC(=O)CONC(=O)COCC(F)(F)F. The molecule has 0 aromatic heterocycles. The minimum absolute atomic E-state index is 0.564. The summed E-state index contributed by atoms with van der Waals surface area (Å²) < 4.78 is 38.5. The van der Waals surface area contributed by atoms with Gasteiger partial charge >= 0.3 is 6.18 Å². The van der Waals surface area contributed by atoms with Crippen LogP contribution in [0.5, 0.6) is 0 Å². The largest absolute Gasteiger partial charge is 0.411 e. The molecule has 0 bridgehead atoms. The summed E-state index contributed by atoms with van der Waals surface area (Å²) in [5.74, 6) is -1.77. The van der Waals surface area contributed by atoms with E-state index in [0.717, 1.165) is 0 Å². The molecular formula is C6H9F3N2O4. The summed E-state index contributed by atoms with van der Waals surface area (Å²) in [7, 11) is 0. The number of alkyl halides is 3. The highest BCUT2D eigenvalue weighted by molar-refractivity contribution is 5.77. The van der Waals surface area contributed by atoms with Gasteiger partial charge in [0.05, 0.1) is 0 Å². The summed E-state index contributed by atoms with van der Waals surface area (Å²) in [5.41, 5.74) is 6.31. The second kappa shape index (κ2) is 6.19. The number of nitrogens with one attached hydrogen (secondary N) is 1. The van der Waals surface area contributed by atoms with Crippen molar-refractivity contribution in [3.8, 4) is 0 Å². The molecule has 9 heteroatoms. The van der Waals surface area contributed by atoms with E-state index in [1.54, 1.807) is 5.48 Å². The number of hydroxylamine groups is 1. The second-order valence-corrected chi connectivity index (χ2v) is 2.39.